The Hall–Kier alpha value is -1.75. The average molecular weight is 353 g/mol. The van der Waals surface area contributed by atoms with E-state index in [1.165, 1.54) is 16.7 Å². The summed E-state index contributed by atoms with van der Waals surface area (Å²) in [5.41, 5.74) is 11.0. The minimum atomic E-state index is 0.312. The summed E-state index contributed by atoms with van der Waals surface area (Å²) < 4.78 is 0. The summed E-state index contributed by atoms with van der Waals surface area (Å²) in [7, 11) is 0. The predicted octanol–water partition coefficient (Wildman–Crippen LogP) is 3.21. The predicted molar refractivity (Wildman–Crippen MR) is 108 cm³/mol. The number of nitrogens with two attached hydrogens (primary N) is 1. The third kappa shape index (κ3) is 4.91. The molecule has 4 heteroatoms. The minimum Gasteiger partial charge on any atom is -0.330 e. The summed E-state index contributed by atoms with van der Waals surface area (Å²) >= 11 is 0. The van der Waals surface area contributed by atoms with Crippen molar-refractivity contribution in [3.8, 4) is 0 Å². The number of aromatic nitrogens is 1. The number of hydrogen-bond donors (Lipinski definition) is 2. The van der Waals surface area contributed by atoms with Gasteiger partial charge in [0, 0.05) is 31.4 Å². The fraction of sp³-hybridized carbons (Fsp3) is 0.500. The molecule has 2 aromatic rings. The van der Waals surface area contributed by atoms with Crippen LogP contribution in [0.1, 0.15) is 48.2 Å². The summed E-state index contributed by atoms with van der Waals surface area (Å²) in [4.78, 5) is 7.24. The first-order valence-corrected chi connectivity index (χ1v) is 9.84. The molecule has 0 aliphatic carbocycles. The Morgan fingerprint density at radius 1 is 1.19 bits per heavy atom. The molecule has 0 bridgehead atoms. The minimum absolute atomic E-state index is 0.312. The van der Waals surface area contributed by atoms with Crippen LogP contribution in [0.5, 0.6) is 0 Å². The van der Waals surface area contributed by atoms with Crippen LogP contribution >= 0.6 is 0 Å². The quantitative estimate of drug-likeness (QED) is 0.716. The van der Waals surface area contributed by atoms with E-state index in [0.717, 1.165) is 51.1 Å². The molecule has 4 nitrogen and oxygen atoms in total. The van der Waals surface area contributed by atoms with Gasteiger partial charge >= 0.3 is 0 Å². The van der Waals surface area contributed by atoms with Crippen molar-refractivity contribution in [2.24, 2.45) is 5.73 Å². The number of hydrogen-bond acceptors (Lipinski definition) is 4. The van der Waals surface area contributed by atoms with E-state index in [2.05, 4.69) is 65.4 Å². The van der Waals surface area contributed by atoms with E-state index in [-0.39, 0.29) is 0 Å². The van der Waals surface area contributed by atoms with E-state index >= 15 is 0 Å². The number of nitrogens with zero attached hydrogens (tertiary/aromatic N) is 2. The summed E-state index contributed by atoms with van der Waals surface area (Å²) in [6, 6.07) is 13.9. The molecule has 1 aliphatic rings. The maximum absolute atomic E-state index is 5.71. The normalized spacial score (nSPS) is 17.9. The maximum Gasteiger partial charge on any atom is 0.0572 e. The number of benzene rings is 1. The SMILES string of the molecule is Cc1ccc([C@H](C)N(CCCCN)CC2Cc3ccccc3CN2)nc1. The molecular formula is C22H32N4. The van der Waals surface area contributed by atoms with E-state index in [9.17, 15) is 0 Å². The largest absolute Gasteiger partial charge is 0.330 e. The van der Waals surface area contributed by atoms with Crippen LogP contribution in [0.2, 0.25) is 0 Å². The Bertz CT molecular complexity index is 683. The van der Waals surface area contributed by atoms with Crippen molar-refractivity contribution in [3.63, 3.8) is 0 Å². The van der Waals surface area contributed by atoms with Gasteiger partial charge in [0.1, 0.15) is 0 Å². The van der Waals surface area contributed by atoms with E-state index in [1.54, 1.807) is 0 Å². The molecule has 0 radical (unpaired) electrons. The third-order valence-corrected chi connectivity index (χ3v) is 5.43. The van der Waals surface area contributed by atoms with Crippen molar-refractivity contribution >= 4 is 0 Å². The van der Waals surface area contributed by atoms with Crippen LogP contribution in [-0.4, -0.2) is 35.6 Å². The van der Waals surface area contributed by atoms with Crippen molar-refractivity contribution in [3.05, 3.63) is 65.0 Å². The molecule has 0 saturated carbocycles. The fourth-order valence-corrected chi connectivity index (χ4v) is 3.75. The van der Waals surface area contributed by atoms with E-state index in [0.29, 0.717) is 12.1 Å². The lowest BCUT2D eigenvalue weighted by atomic mass is 9.95. The Morgan fingerprint density at radius 3 is 2.73 bits per heavy atom. The van der Waals surface area contributed by atoms with Crippen LogP contribution < -0.4 is 11.1 Å². The van der Waals surface area contributed by atoms with E-state index < -0.39 is 0 Å². The van der Waals surface area contributed by atoms with E-state index in [4.69, 9.17) is 5.73 Å². The molecule has 0 spiro atoms. The highest BCUT2D eigenvalue weighted by atomic mass is 15.2. The summed E-state index contributed by atoms with van der Waals surface area (Å²) in [5.74, 6) is 0. The third-order valence-electron chi connectivity index (χ3n) is 5.43. The van der Waals surface area contributed by atoms with Gasteiger partial charge in [-0.3, -0.25) is 9.88 Å². The molecule has 0 saturated heterocycles. The molecule has 1 aromatic carbocycles. The molecule has 1 unspecified atom stereocenters. The van der Waals surface area contributed by atoms with Crippen molar-refractivity contribution in [2.45, 2.75) is 51.7 Å². The highest BCUT2D eigenvalue weighted by molar-refractivity contribution is 5.30. The zero-order chi connectivity index (χ0) is 18.4. The lowest BCUT2D eigenvalue weighted by Crippen LogP contribution is -2.45. The maximum atomic E-state index is 5.71. The second-order valence-electron chi connectivity index (χ2n) is 7.48. The Balaban J connectivity index is 1.68. The van der Waals surface area contributed by atoms with Crippen LogP contribution in [0.3, 0.4) is 0 Å². The number of rotatable bonds is 8. The zero-order valence-corrected chi connectivity index (χ0v) is 16.1. The molecule has 26 heavy (non-hydrogen) atoms. The van der Waals surface area contributed by atoms with Gasteiger partial charge in [-0.1, -0.05) is 30.3 Å². The number of nitrogens with one attached hydrogen (secondary N) is 1. The summed E-state index contributed by atoms with van der Waals surface area (Å²) in [6.45, 7) is 8.19. The lowest BCUT2D eigenvalue weighted by molar-refractivity contribution is 0.177. The lowest BCUT2D eigenvalue weighted by Gasteiger charge is -2.35. The Morgan fingerprint density at radius 2 is 2.00 bits per heavy atom. The molecule has 2 heterocycles. The first-order chi connectivity index (χ1) is 12.7. The first-order valence-electron chi connectivity index (χ1n) is 9.84. The smallest absolute Gasteiger partial charge is 0.0572 e. The summed E-state index contributed by atoms with van der Waals surface area (Å²) in [5, 5.41) is 3.72. The Labute approximate surface area is 157 Å². The van der Waals surface area contributed by atoms with Crippen LogP contribution in [0, 0.1) is 6.92 Å². The topological polar surface area (TPSA) is 54.2 Å². The van der Waals surface area contributed by atoms with Crippen molar-refractivity contribution < 1.29 is 0 Å². The molecule has 3 rings (SSSR count). The number of unbranched alkanes of at least 4 members (excludes halogenated alkanes) is 1. The monoisotopic (exact) mass is 352 g/mol. The molecular weight excluding hydrogens is 320 g/mol. The summed E-state index contributed by atoms with van der Waals surface area (Å²) in [6.07, 6.45) is 5.28. The Kier molecular flexibility index (Phi) is 6.78. The van der Waals surface area contributed by atoms with Gasteiger partial charge in [-0.2, -0.15) is 0 Å². The van der Waals surface area contributed by atoms with Gasteiger partial charge in [0.2, 0.25) is 0 Å². The number of fused-ring (bicyclic) bond motifs is 1. The van der Waals surface area contributed by atoms with Gasteiger partial charge in [-0.15, -0.1) is 0 Å². The fourth-order valence-electron chi connectivity index (χ4n) is 3.75. The van der Waals surface area contributed by atoms with Gasteiger partial charge in [-0.05, 0) is 69.0 Å². The second-order valence-corrected chi connectivity index (χ2v) is 7.48. The van der Waals surface area contributed by atoms with Gasteiger partial charge in [-0.25, -0.2) is 0 Å². The standard InChI is InChI=1S/C22H32N4/c1-17-9-10-22(25-14-17)18(2)26(12-6-5-11-23)16-21-13-19-7-3-4-8-20(19)15-24-21/h3-4,7-10,14,18,21,24H,5-6,11-13,15-16,23H2,1-2H3/t18-,21?/m0/s1. The number of pyridine rings is 1. The van der Waals surface area contributed by atoms with Gasteiger partial charge in [0.25, 0.3) is 0 Å². The van der Waals surface area contributed by atoms with Crippen LogP contribution in [0.25, 0.3) is 0 Å². The van der Waals surface area contributed by atoms with Crippen molar-refractivity contribution in [2.75, 3.05) is 19.6 Å². The molecule has 1 aromatic heterocycles. The van der Waals surface area contributed by atoms with Crippen LogP contribution in [0.15, 0.2) is 42.6 Å². The highest BCUT2D eigenvalue weighted by Crippen LogP contribution is 2.22. The van der Waals surface area contributed by atoms with Crippen LogP contribution in [-0.2, 0) is 13.0 Å². The molecule has 140 valence electrons. The van der Waals surface area contributed by atoms with Gasteiger partial charge < -0.3 is 11.1 Å². The zero-order valence-electron chi connectivity index (χ0n) is 16.1. The van der Waals surface area contributed by atoms with Crippen LogP contribution in [0.4, 0.5) is 0 Å². The van der Waals surface area contributed by atoms with E-state index in [1.807, 2.05) is 6.20 Å². The second kappa shape index (κ2) is 9.26. The average Bonchev–Trinajstić information content (AvgIpc) is 2.67. The molecule has 2 atom stereocenters. The van der Waals surface area contributed by atoms with Gasteiger partial charge in [0.05, 0.1) is 5.69 Å². The van der Waals surface area contributed by atoms with Crippen molar-refractivity contribution in [1.82, 2.24) is 15.2 Å². The van der Waals surface area contributed by atoms with Crippen molar-refractivity contribution in [1.29, 1.82) is 0 Å². The molecule has 0 amide bonds. The molecule has 1 aliphatic heterocycles. The highest BCUT2D eigenvalue weighted by Gasteiger charge is 2.23. The van der Waals surface area contributed by atoms with Gasteiger partial charge in [0.15, 0.2) is 0 Å². The number of aryl methyl sites for hydroxylation is 1. The molecule has 0 fully saturated rings. The molecule has 3 N–H and O–H groups in total. The first kappa shape index (κ1) is 19.0.